The van der Waals surface area contributed by atoms with E-state index in [1.165, 1.54) is 0 Å². The third kappa shape index (κ3) is 1.95. The zero-order chi connectivity index (χ0) is 7.56. The van der Waals surface area contributed by atoms with E-state index < -0.39 is 0 Å². The summed E-state index contributed by atoms with van der Waals surface area (Å²) in [5.74, 6) is 0.804. The first-order valence-corrected chi connectivity index (χ1v) is 4.79. The zero-order valence-corrected chi connectivity index (χ0v) is 8.16. The fourth-order valence-electron chi connectivity index (χ4n) is 0.610. The molecule has 0 atom stereocenters. The highest BCUT2D eigenvalue weighted by molar-refractivity contribution is 9.10. The van der Waals surface area contributed by atoms with Crippen LogP contribution in [-0.4, -0.2) is 16.2 Å². The summed E-state index contributed by atoms with van der Waals surface area (Å²) in [4.78, 5) is 8.25. The second-order valence-corrected chi connectivity index (χ2v) is 3.42. The Morgan fingerprint density at radius 3 is 2.70 bits per heavy atom. The van der Waals surface area contributed by atoms with Crippen molar-refractivity contribution in [3.8, 4) is 0 Å². The van der Waals surface area contributed by atoms with Crippen LogP contribution in [-0.2, 0) is 0 Å². The van der Waals surface area contributed by atoms with Crippen LogP contribution in [0.25, 0.3) is 0 Å². The first-order valence-electron chi connectivity index (χ1n) is 2.77. The standard InChI is InChI=1S/C6H7BrN2S/c1-4-8-5(7)3-6(9-4)10-2/h3H,1-2H3. The largest absolute Gasteiger partial charge is 0.227 e. The Labute approximate surface area is 72.6 Å². The molecule has 0 N–H and O–H groups in total. The molecule has 0 amide bonds. The average Bonchev–Trinajstić information content (AvgIpc) is 1.85. The molecular weight excluding hydrogens is 212 g/mol. The van der Waals surface area contributed by atoms with Gasteiger partial charge in [-0.05, 0) is 29.1 Å². The maximum absolute atomic E-state index is 4.17. The summed E-state index contributed by atoms with van der Waals surface area (Å²) in [6.07, 6.45) is 1.99. The maximum atomic E-state index is 4.17. The molecule has 54 valence electrons. The van der Waals surface area contributed by atoms with E-state index in [1.807, 2.05) is 19.2 Å². The highest BCUT2D eigenvalue weighted by atomic mass is 79.9. The molecule has 0 bridgehead atoms. The number of aryl methyl sites for hydroxylation is 1. The van der Waals surface area contributed by atoms with Crippen LogP contribution in [0.2, 0.25) is 0 Å². The molecule has 0 aliphatic carbocycles. The normalized spacial score (nSPS) is 9.90. The van der Waals surface area contributed by atoms with Crippen LogP contribution in [0.3, 0.4) is 0 Å². The Morgan fingerprint density at radius 2 is 2.20 bits per heavy atom. The van der Waals surface area contributed by atoms with E-state index in [2.05, 4.69) is 25.9 Å². The van der Waals surface area contributed by atoms with Crippen molar-refractivity contribution in [2.45, 2.75) is 11.9 Å². The van der Waals surface area contributed by atoms with Gasteiger partial charge in [-0.15, -0.1) is 11.8 Å². The van der Waals surface area contributed by atoms with Crippen LogP contribution >= 0.6 is 27.7 Å². The van der Waals surface area contributed by atoms with Gasteiger partial charge < -0.3 is 0 Å². The van der Waals surface area contributed by atoms with Gasteiger partial charge in [-0.3, -0.25) is 0 Å². The lowest BCUT2D eigenvalue weighted by atomic mass is 10.6. The molecule has 0 aliphatic rings. The van der Waals surface area contributed by atoms with Crippen molar-refractivity contribution in [3.05, 3.63) is 16.5 Å². The van der Waals surface area contributed by atoms with E-state index in [4.69, 9.17) is 0 Å². The predicted octanol–water partition coefficient (Wildman–Crippen LogP) is 2.27. The number of hydrogen-bond donors (Lipinski definition) is 0. The van der Waals surface area contributed by atoms with Crippen molar-refractivity contribution in [2.24, 2.45) is 0 Å². The monoisotopic (exact) mass is 218 g/mol. The van der Waals surface area contributed by atoms with E-state index in [0.717, 1.165) is 15.5 Å². The van der Waals surface area contributed by atoms with Crippen molar-refractivity contribution < 1.29 is 0 Å². The molecule has 0 fully saturated rings. The summed E-state index contributed by atoms with van der Waals surface area (Å²) in [7, 11) is 0. The predicted molar refractivity (Wildman–Crippen MR) is 46.3 cm³/mol. The van der Waals surface area contributed by atoms with Crippen LogP contribution in [0.15, 0.2) is 15.7 Å². The van der Waals surface area contributed by atoms with Crippen LogP contribution in [0.5, 0.6) is 0 Å². The van der Waals surface area contributed by atoms with Gasteiger partial charge in [-0.2, -0.15) is 0 Å². The third-order valence-electron chi connectivity index (χ3n) is 0.992. The molecule has 0 saturated heterocycles. The Hall–Kier alpha value is -0.0900. The van der Waals surface area contributed by atoms with Crippen LogP contribution in [0, 0.1) is 6.92 Å². The smallest absolute Gasteiger partial charge is 0.127 e. The molecule has 4 heteroatoms. The van der Waals surface area contributed by atoms with Gasteiger partial charge in [0.1, 0.15) is 15.5 Å². The fraction of sp³-hybridized carbons (Fsp3) is 0.333. The van der Waals surface area contributed by atoms with Gasteiger partial charge in [-0.25, -0.2) is 9.97 Å². The van der Waals surface area contributed by atoms with Crippen molar-refractivity contribution in [1.29, 1.82) is 0 Å². The van der Waals surface area contributed by atoms with Crippen molar-refractivity contribution in [1.82, 2.24) is 9.97 Å². The van der Waals surface area contributed by atoms with Crippen molar-refractivity contribution in [3.63, 3.8) is 0 Å². The Bertz CT molecular complexity index is 219. The molecule has 1 aromatic heterocycles. The maximum Gasteiger partial charge on any atom is 0.127 e. The van der Waals surface area contributed by atoms with E-state index in [0.29, 0.717) is 0 Å². The van der Waals surface area contributed by atoms with E-state index in [9.17, 15) is 0 Å². The molecule has 0 unspecified atom stereocenters. The van der Waals surface area contributed by atoms with Crippen LogP contribution < -0.4 is 0 Å². The third-order valence-corrected chi connectivity index (χ3v) is 2.03. The Balaban J connectivity index is 3.06. The van der Waals surface area contributed by atoms with Gasteiger partial charge >= 0.3 is 0 Å². The molecule has 1 heterocycles. The lowest BCUT2D eigenvalue weighted by Gasteiger charge is -1.96. The van der Waals surface area contributed by atoms with E-state index in [1.54, 1.807) is 11.8 Å². The second-order valence-electron chi connectivity index (χ2n) is 1.78. The number of nitrogens with zero attached hydrogens (tertiary/aromatic N) is 2. The van der Waals surface area contributed by atoms with Gasteiger partial charge in [-0.1, -0.05) is 0 Å². The molecule has 0 saturated carbocycles. The Kier molecular flexibility index (Phi) is 2.68. The first kappa shape index (κ1) is 8.01. The molecule has 0 radical (unpaired) electrons. The molecule has 1 aromatic rings. The van der Waals surface area contributed by atoms with Crippen LogP contribution in [0.4, 0.5) is 0 Å². The summed E-state index contributed by atoms with van der Waals surface area (Å²) in [5, 5.41) is 0.999. The number of thioether (sulfide) groups is 1. The van der Waals surface area contributed by atoms with Crippen LogP contribution in [0.1, 0.15) is 5.82 Å². The molecule has 0 aliphatic heterocycles. The highest BCUT2D eigenvalue weighted by Crippen LogP contribution is 2.15. The summed E-state index contributed by atoms with van der Waals surface area (Å²) in [5.41, 5.74) is 0. The van der Waals surface area contributed by atoms with Crippen molar-refractivity contribution in [2.75, 3.05) is 6.26 Å². The second kappa shape index (κ2) is 3.34. The minimum absolute atomic E-state index is 0.804. The number of rotatable bonds is 1. The Morgan fingerprint density at radius 1 is 1.50 bits per heavy atom. The number of aromatic nitrogens is 2. The SMILES string of the molecule is CSc1cc(Br)nc(C)n1. The first-order chi connectivity index (χ1) is 4.72. The summed E-state index contributed by atoms with van der Waals surface area (Å²) in [6, 6.07) is 1.90. The van der Waals surface area contributed by atoms with Gasteiger partial charge in [0.05, 0.1) is 0 Å². The minimum atomic E-state index is 0.804. The molecule has 1 rings (SSSR count). The lowest BCUT2D eigenvalue weighted by Crippen LogP contribution is -1.88. The lowest BCUT2D eigenvalue weighted by molar-refractivity contribution is 0.953. The van der Waals surface area contributed by atoms with Crippen molar-refractivity contribution >= 4 is 27.7 Å². The van der Waals surface area contributed by atoms with Gasteiger partial charge in [0.15, 0.2) is 0 Å². The van der Waals surface area contributed by atoms with E-state index >= 15 is 0 Å². The average molecular weight is 219 g/mol. The highest BCUT2D eigenvalue weighted by Gasteiger charge is 1.95. The zero-order valence-electron chi connectivity index (χ0n) is 5.76. The number of halogens is 1. The molecule has 2 nitrogen and oxygen atoms in total. The molecular formula is C6H7BrN2S. The quantitative estimate of drug-likeness (QED) is 0.535. The van der Waals surface area contributed by atoms with E-state index in [-0.39, 0.29) is 0 Å². The topological polar surface area (TPSA) is 25.8 Å². The molecule has 10 heavy (non-hydrogen) atoms. The van der Waals surface area contributed by atoms with Gasteiger partial charge in [0.25, 0.3) is 0 Å². The number of hydrogen-bond acceptors (Lipinski definition) is 3. The minimum Gasteiger partial charge on any atom is -0.227 e. The van der Waals surface area contributed by atoms with Gasteiger partial charge in [0, 0.05) is 6.07 Å². The summed E-state index contributed by atoms with van der Waals surface area (Å²) >= 11 is 4.91. The van der Waals surface area contributed by atoms with Gasteiger partial charge in [0.2, 0.25) is 0 Å². The molecule has 0 aromatic carbocycles. The summed E-state index contributed by atoms with van der Waals surface area (Å²) in [6.45, 7) is 1.88. The fourth-order valence-corrected chi connectivity index (χ4v) is 1.69. The molecule has 0 spiro atoms. The summed E-state index contributed by atoms with van der Waals surface area (Å²) < 4.78 is 0.851.